The lowest BCUT2D eigenvalue weighted by Gasteiger charge is -2.04. The quantitative estimate of drug-likeness (QED) is 0.595. The first-order valence-corrected chi connectivity index (χ1v) is 6.03. The Hall–Kier alpha value is -1.67. The number of hydrogen-bond donors (Lipinski definition) is 0. The number of aryl methyl sites for hydroxylation is 1. The van der Waals surface area contributed by atoms with Crippen LogP contribution >= 0.6 is 11.3 Å². The zero-order valence-corrected chi connectivity index (χ0v) is 10.5. The van der Waals surface area contributed by atoms with Gasteiger partial charge in [-0.1, -0.05) is 0 Å². The number of ketones is 1. The number of rotatable bonds is 5. The minimum atomic E-state index is -0.762. The summed E-state index contributed by atoms with van der Waals surface area (Å²) in [6, 6.07) is 5.42. The molecule has 0 spiro atoms. The summed E-state index contributed by atoms with van der Waals surface area (Å²) < 4.78 is 4.74. The van der Waals surface area contributed by atoms with Gasteiger partial charge in [-0.2, -0.15) is 5.26 Å². The van der Waals surface area contributed by atoms with Crippen LogP contribution < -0.4 is 0 Å². The number of nitrogens with zero attached hydrogens (tertiary/aromatic N) is 1. The van der Waals surface area contributed by atoms with Gasteiger partial charge in [0.25, 0.3) is 0 Å². The molecule has 0 aliphatic rings. The zero-order valence-electron chi connectivity index (χ0n) is 9.73. The van der Waals surface area contributed by atoms with E-state index in [1.54, 1.807) is 12.1 Å². The fourth-order valence-corrected chi connectivity index (χ4v) is 2.04. The first-order valence-electron chi connectivity index (χ1n) is 5.21. The van der Waals surface area contributed by atoms with Crippen LogP contribution in [0.2, 0.25) is 0 Å². The lowest BCUT2D eigenvalue weighted by Crippen LogP contribution is -2.13. The summed E-state index contributed by atoms with van der Waals surface area (Å²) >= 11 is 1.41. The molecule has 0 aliphatic heterocycles. The maximum atomic E-state index is 11.7. The van der Waals surface area contributed by atoms with E-state index < -0.39 is 12.1 Å². The second-order valence-electron chi connectivity index (χ2n) is 3.59. The number of hydrogen-bond acceptors (Lipinski definition) is 5. The van der Waals surface area contributed by atoms with Gasteiger partial charge in [0, 0.05) is 11.3 Å². The molecular weight excluding hydrogens is 238 g/mol. The summed E-state index contributed by atoms with van der Waals surface area (Å²) in [6.07, 6.45) is -0.625. The Bertz CT molecular complexity index is 459. The van der Waals surface area contributed by atoms with Gasteiger partial charge in [0.1, 0.15) is 6.07 Å². The van der Waals surface area contributed by atoms with Crippen molar-refractivity contribution in [3.63, 3.8) is 0 Å². The highest BCUT2D eigenvalue weighted by atomic mass is 32.1. The van der Waals surface area contributed by atoms with Crippen LogP contribution in [0.25, 0.3) is 0 Å². The standard InChI is InChI=1S/C12H13NO3S/c1-8(7-13)16-12(15)6-4-10(14)11-5-3-9(2)17-11/h3,5,8H,4,6H2,1-2H3. The average Bonchev–Trinajstić information content (AvgIpc) is 2.72. The molecule has 4 nitrogen and oxygen atoms in total. The molecule has 1 aromatic heterocycles. The van der Waals surface area contributed by atoms with Gasteiger partial charge in [0.15, 0.2) is 11.9 Å². The number of nitriles is 1. The van der Waals surface area contributed by atoms with Crippen molar-refractivity contribution < 1.29 is 14.3 Å². The van der Waals surface area contributed by atoms with Gasteiger partial charge in [0.05, 0.1) is 11.3 Å². The number of thiophene rings is 1. The molecule has 1 aromatic rings. The Labute approximate surface area is 104 Å². The van der Waals surface area contributed by atoms with E-state index in [1.165, 1.54) is 18.3 Å². The molecular formula is C12H13NO3S. The van der Waals surface area contributed by atoms with Crippen molar-refractivity contribution in [1.82, 2.24) is 0 Å². The molecule has 0 saturated heterocycles. The molecule has 1 unspecified atom stereocenters. The smallest absolute Gasteiger partial charge is 0.307 e. The van der Waals surface area contributed by atoms with E-state index in [2.05, 4.69) is 0 Å². The van der Waals surface area contributed by atoms with Gasteiger partial charge in [-0.3, -0.25) is 9.59 Å². The topological polar surface area (TPSA) is 67.2 Å². The van der Waals surface area contributed by atoms with Gasteiger partial charge in [-0.05, 0) is 26.0 Å². The third-order valence-electron chi connectivity index (χ3n) is 2.06. The zero-order chi connectivity index (χ0) is 12.8. The first-order chi connectivity index (χ1) is 8.02. The molecule has 0 aromatic carbocycles. The number of carbonyl (C=O) groups excluding carboxylic acids is 2. The van der Waals surface area contributed by atoms with E-state index in [1.807, 2.05) is 13.0 Å². The van der Waals surface area contributed by atoms with Crippen molar-refractivity contribution in [2.45, 2.75) is 32.8 Å². The lowest BCUT2D eigenvalue weighted by molar-refractivity contribution is -0.145. The van der Waals surface area contributed by atoms with Crippen LogP contribution in [0.15, 0.2) is 12.1 Å². The van der Waals surface area contributed by atoms with Crippen molar-refractivity contribution >= 4 is 23.1 Å². The van der Waals surface area contributed by atoms with Crippen LogP contribution in [0.1, 0.15) is 34.3 Å². The number of Topliss-reactive ketones (excluding diaryl/α,β-unsaturated/α-hetero) is 1. The SMILES string of the molecule is Cc1ccc(C(=O)CCC(=O)OC(C)C#N)s1. The Kier molecular flexibility index (Phi) is 4.85. The monoisotopic (exact) mass is 251 g/mol. The molecule has 5 heteroatoms. The predicted molar refractivity (Wildman–Crippen MR) is 63.8 cm³/mol. The van der Waals surface area contributed by atoms with Crippen molar-refractivity contribution in [2.24, 2.45) is 0 Å². The molecule has 1 rings (SSSR count). The molecule has 0 N–H and O–H groups in total. The Morgan fingerprint density at radius 2 is 2.18 bits per heavy atom. The number of carbonyl (C=O) groups is 2. The lowest BCUT2D eigenvalue weighted by atomic mass is 10.2. The third-order valence-corrected chi connectivity index (χ3v) is 3.10. The van der Waals surface area contributed by atoms with Crippen LogP contribution in [-0.4, -0.2) is 17.9 Å². The van der Waals surface area contributed by atoms with Crippen LogP contribution in [-0.2, 0) is 9.53 Å². The molecule has 0 amide bonds. The average molecular weight is 251 g/mol. The molecule has 0 radical (unpaired) electrons. The maximum absolute atomic E-state index is 11.7. The summed E-state index contributed by atoms with van der Waals surface area (Å²) in [4.78, 5) is 24.6. The molecule has 0 saturated carbocycles. The molecule has 17 heavy (non-hydrogen) atoms. The summed E-state index contributed by atoms with van der Waals surface area (Å²) in [5.74, 6) is -0.578. The van der Waals surface area contributed by atoms with E-state index in [9.17, 15) is 9.59 Å². The minimum absolute atomic E-state index is 0.0157. The van der Waals surface area contributed by atoms with E-state index in [-0.39, 0.29) is 18.6 Å². The van der Waals surface area contributed by atoms with Crippen molar-refractivity contribution in [3.05, 3.63) is 21.9 Å². The summed E-state index contributed by atoms with van der Waals surface area (Å²) in [5.41, 5.74) is 0. The van der Waals surface area contributed by atoms with Crippen molar-refractivity contribution in [1.29, 1.82) is 5.26 Å². The highest BCUT2D eigenvalue weighted by molar-refractivity contribution is 7.14. The normalized spacial score (nSPS) is 11.6. The summed E-state index contributed by atoms with van der Waals surface area (Å²) in [6.45, 7) is 3.41. The second kappa shape index (κ2) is 6.16. The number of ether oxygens (including phenoxy) is 1. The van der Waals surface area contributed by atoms with E-state index in [4.69, 9.17) is 10.00 Å². The minimum Gasteiger partial charge on any atom is -0.447 e. The van der Waals surface area contributed by atoms with Gasteiger partial charge in [-0.15, -0.1) is 11.3 Å². The fourth-order valence-electron chi connectivity index (χ4n) is 1.21. The van der Waals surface area contributed by atoms with Crippen molar-refractivity contribution in [3.8, 4) is 6.07 Å². The summed E-state index contributed by atoms with van der Waals surface area (Å²) in [7, 11) is 0. The molecule has 0 bridgehead atoms. The van der Waals surface area contributed by atoms with Crippen LogP contribution in [0.5, 0.6) is 0 Å². The van der Waals surface area contributed by atoms with Gasteiger partial charge >= 0.3 is 5.97 Å². The van der Waals surface area contributed by atoms with Crippen molar-refractivity contribution in [2.75, 3.05) is 0 Å². The molecule has 0 fully saturated rings. The van der Waals surface area contributed by atoms with Gasteiger partial charge in [-0.25, -0.2) is 0 Å². The Balaban J connectivity index is 2.39. The highest BCUT2D eigenvalue weighted by Gasteiger charge is 2.13. The Morgan fingerprint density at radius 3 is 2.71 bits per heavy atom. The fraction of sp³-hybridized carbons (Fsp3) is 0.417. The van der Waals surface area contributed by atoms with E-state index >= 15 is 0 Å². The Morgan fingerprint density at radius 1 is 1.47 bits per heavy atom. The molecule has 1 atom stereocenters. The van der Waals surface area contributed by atoms with Crippen LogP contribution in [0.3, 0.4) is 0 Å². The highest BCUT2D eigenvalue weighted by Crippen LogP contribution is 2.17. The third kappa shape index (κ3) is 4.37. The largest absolute Gasteiger partial charge is 0.447 e. The number of esters is 1. The predicted octanol–water partition coefficient (Wildman–Crippen LogP) is 2.47. The van der Waals surface area contributed by atoms with E-state index in [0.29, 0.717) is 4.88 Å². The summed E-state index contributed by atoms with van der Waals surface area (Å²) in [5, 5.41) is 8.45. The molecule has 90 valence electrons. The van der Waals surface area contributed by atoms with Gasteiger partial charge < -0.3 is 4.74 Å². The first kappa shape index (κ1) is 13.4. The van der Waals surface area contributed by atoms with Gasteiger partial charge in [0.2, 0.25) is 0 Å². The molecule has 1 heterocycles. The van der Waals surface area contributed by atoms with Crippen LogP contribution in [0.4, 0.5) is 0 Å². The van der Waals surface area contributed by atoms with Crippen LogP contribution in [0, 0.1) is 18.3 Å². The maximum Gasteiger partial charge on any atom is 0.307 e. The van der Waals surface area contributed by atoms with E-state index in [0.717, 1.165) is 4.88 Å². The molecule has 0 aliphatic carbocycles. The second-order valence-corrected chi connectivity index (χ2v) is 4.88.